The van der Waals surface area contributed by atoms with Crippen LogP contribution in [-0.4, -0.2) is 13.2 Å². The van der Waals surface area contributed by atoms with Gasteiger partial charge in [0.2, 0.25) is 0 Å². The Kier molecular flexibility index (Phi) is 3.72. The van der Waals surface area contributed by atoms with Crippen molar-refractivity contribution in [3.05, 3.63) is 26.9 Å². The highest BCUT2D eigenvalue weighted by Gasteiger charge is 2.30. The van der Waals surface area contributed by atoms with Gasteiger partial charge in [-0.1, -0.05) is 18.5 Å². The zero-order valence-electron chi connectivity index (χ0n) is 8.82. The largest absolute Gasteiger partial charge is 0.490 e. The third-order valence-electron chi connectivity index (χ3n) is 2.54. The Morgan fingerprint density at radius 1 is 1.69 bits per heavy atom. The molecule has 1 aliphatic rings. The fourth-order valence-electron chi connectivity index (χ4n) is 1.78. The van der Waals surface area contributed by atoms with Crippen LogP contribution in [0.4, 0.5) is 4.39 Å². The number of fused-ring (bicyclic) bond motifs is 1. The van der Waals surface area contributed by atoms with Gasteiger partial charge in [0.25, 0.3) is 0 Å². The molecule has 1 aliphatic heterocycles. The van der Waals surface area contributed by atoms with Crippen LogP contribution in [0.1, 0.15) is 24.9 Å². The predicted octanol–water partition coefficient (Wildman–Crippen LogP) is 3.67. The molecule has 0 saturated heterocycles. The number of hydrogen-bond donors (Lipinski definition) is 1. The van der Waals surface area contributed by atoms with E-state index >= 15 is 0 Å². The van der Waals surface area contributed by atoms with Gasteiger partial charge < -0.3 is 10.1 Å². The molecule has 1 N–H and O–H groups in total. The van der Waals surface area contributed by atoms with Crippen molar-refractivity contribution in [2.45, 2.75) is 19.4 Å². The number of benzene rings is 1. The Morgan fingerprint density at radius 3 is 3.12 bits per heavy atom. The van der Waals surface area contributed by atoms with Crippen LogP contribution in [0, 0.1) is 5.82 Å². The maximum Gasteiger partial charge on any atom is 0.150 e. The zero-order valence-corrected chi connectivity index (χ0v) is 11.2. The Hall–Kier alpha value is -0.320. The summed E-state index contributed by atoms with van der Waals surface area (Å²) in [5.41, 5.74) is 0.535. The number of rotatable bonds is 3. The summed E-state index contributed by atoms with van der Waals surface area (Å²) in [6, 6.07) is 1.42. The van der Waals surface area contributed by atoms with Crippen LogP contribution < -0.4 is 10.1 Å². The smallest absolute Gasteiger partial charge is 0.150 e. The Bertz CT molecular complexity index is 413. The van der Waals surface area contributed by atoms with Crippen LogP contribution in [-0.2, 0) is 0 Å². The standard InChI is InChI=1S/C11H12BrClFNO/c1-2-3-15-8-5-16-11-6(12)4-7(13)10(14)9(8)11/h4,8,15H,2-3,5H2,1H3. The number of ether oxygens (including phenoxy) is 1. The van der Waals surface area contributed by atoms with E-state index < -0.39 is 0 Å². The van der Waals surface area contributed by atoms with Gasteiger partial charge in [0.05, 0.1) is 21.1 Å². The van der Waals surface area contributed by atoms with Gasteiger partial charge in [-0.2, -0.15) is 0 Å². The Labute approximate surface area is 107 Å². The minimum Gasteiger partial charge on any atom is -0.490 e. The molecule has 2 rings (SSSR count). The van der Waals surface area contributed by atoms with Crippen molar-refractivity contribution in [3.63, 3.8) is 0 Å². The van der Waals surface area contributed by atoms with E-state index in [-0.39, 0.29) is 16.9 Å². The lowest BCUT2D eigenvalue weighted by molar-refractivity contribution is 0.310. The summed E-state index contributed by atoms with van der Waals surface area (Å²) in [6.45, 7) is 3.34. The quantitative estimate of drug-likeness (QED) is 0.860. The van der Waals surface area contributed by atoms with Crippen molar-refractivity contribution < 1.29 is 9.13 Å². The van der Waals surface area contributed by atoms with Gasteiger partial charge in [-0.25, -0.2) is 4.39 Å². The van der Waals surface area contributed by atoms with E-state index in [9.17, 15) is 4.39 Å². The molecule has 1 aromatic carbocycles. The first kappa shape index (κ1) is 12.1. The van der Waals surface area contributed by atoms with Crippen molar-refractivity contribution in [2.24, 2.45) is 0 Å². The van der Waals surface area contributed by atoms with Crippen molar-refractivity contribution in [2.75, 3.05) is 13.2 Å². The first-order chi connectivity index (χ1) is 7.65. The summed E-state index contributed by atoms with van der Waals surface area (Å²) in [6.07, 6.45) is 0.995. The average Bonchev–Trinajstić information content (AvgIpc) is 2.67. The molecule has 1 heterocycles. The van der Waals surface area contributed by atoms with E-state index in [0.717, 1.165) is 13.0 Å². The van der Waals surface area contributed by atoms with Crippen LogP contribution in [0.2, 0.25) is 5.02 Å². The molecule has 16 heavy (non-hydrogen) atoms. The van der Waals surface area contributed by atoms with Crippen molar-refractivity contribution in [1.82, 2.24) is 5.32 Å². The van der Waals surface area contributed by atoms with Crippen LogP contribution >= 0.6 is 27.5 Å². The summed E-state index contributed by atoms with van der Waals surface area (Å²) in [4.78, 5) is 0. The van der Waals surface area contributed by atoms with E-state index in [1.165, 1.54) is 6.07 Å². The fourth-order valence-corrected chi connectivity index (χ4v) is 2.68. The molecule has 1 unspecified atom stereocenters. The molecule has 0 spiro atoms. The van der Waals surface area contributed by atoms with Gasteiger partial charge >= 0.3 is 0 Å². The summed E-state index contributed by atoms with van der Waals surface area (Å²) < 4.78 is 20.1. The zero-order chi connectivity index (χ0) is 11.7. The molecule has 0 bridgehead atoms. The molecule has 0 aliphatic carbocycles. The Balaban J connectivity index is 2.37. The van der Waals surface area contributed by atoms with Gasteiger partial charge in [-0.3, -0.25) is 0 Å². The number of hydrogen-bond acceptors (Lipinski definition) is 2. The molecule has 0 radical (unpaired) electrons. The minimum absolute atomic E-state index is 0.107. The molecule has 0 fully saturated rings. The topological polar surface area (TPSA) is 21.3 Å². The van der Waals surface area contributed by atoms with E-state index in [1.807, 2.05) is 0 Å². The highest BCUT2D eigenvalue weighted by molar-refractivity contribution is 9.10. The minimum atomic E-state index is -0.383. The fraction of sp³-hybridized carbons (Fsp3) is 0.455. The Morgan fingerprint density at radius 2 is 2.44 bits per heavy atom. The number of nitrogens with one attached hydrogen (secondary N) is 1. The lowest BCUT2D eigenvalue weighted by Crippen LogP contribution is -2.23. The predicted molar refractivity (Wildman–Crippen MR) is 65.6 cm³/mol. The molecule has 1 atom stereocenters. The van der Waals surface area contributed by atoms with Crippen LogP contribution in [0.3, 0.4) is 0 Å². The molecular weight excluding hydrogens is 296 g/mol. The van der Waals surface area contributed by atoms with Crippen LogP contribution in [0.25, 0.3) is 0 Å². The highest BCUT2D eigenvalue weighted by atomic mass is 79.9. The van der Waals surface area contributed by atoms with Crippen LogP contribution in [0.15, 0.2) is 10.5 Å². The summed E-state index contributed by atoms with van der Waals surface area (Å²) in [5, 5.41) is 3.36. The van der Waals surface area contributed by atoms with E-state index in [2.05, 4.69) is 28.2 Å². The normalized spacial score (nSPS) is 18.4. The third kappa shape index (κ3) is 2.06. The maximum atomic E-state index is 13.9. The summed E-state index contributed by atoms with van der Waals surface area (Å²) >= 11 is 9.13. The summed E-state index contributed by atoms with van der Waals surface area (Å²) in [7, 11) is 0. The van der Waals surface area contributed by atoms with E-state index in [1.54, 1.807) is 0 Å². The highest BCUT2D eigenvalue weighted by Crippen LogP contribution is 2.42. The first-order valence-corrected chi connectivity index (χ1v) is 6.35. The second-order valence-electron chi connectivity index (χ2n) is 3.71. The van der Waals surface area contributed by atoms with Gasteiger partial charge in [0.15, 0.2) is 0 Å². The molecule has 0 saturated carbocycles. The molecule has 1 aromatic rings. The van der Waals surface area contributed by atoms with E-state index in [0.29, 0.717) is 22.4 Å². The van der Waals surface area contributed by atoms with Gasteiger partial charge in [0.1, 0.15) is 18.2 Å². The summed E-state index contributed by atoms with van der Waals surface area (Å²) in [5.74, 6) is 0.182. The molecule has 5 heteroatoms. The third-order valence-corrected chi connectivity index (χ3v) is 3.41. The van der Waals surface area contributed by atoms with Crippen molar-refractivity contribution in [3.8, 4) is 5.75 Å². The second kappa shape index (κ2) is 4.90. The molecular formula is C11H12BrClFNO. The maximum absolute atomic E-state index is 13.9. The molecule has 0 amide bonds. The molecule has 0 aromatic heterocycles. The first-order valence-electron chi connectivity index (χ1n) is 5.18. The average molecular weight is 309 g/mol. The number of halogens is 3. The van der Waals surface area contributed by atoms with Gasteiger partial charge in [0, 0.05) is 0 Å². The molecule has 88 valence electrons. The second-order valence-corrected chi connectivity index (χ2v) is 4.98. The van der Waals surface area contributed by atoms with Gasteiger partial charge in [-0.15, -0.1) is 0 Å². The van der Waals surface area contributed by atoms with Crippen molar-refractivity contribution >= 4 is 27.5 Å². The lowest BCUT2D eigenvalue weighted by Gasteiger charge is -2.11. The monoisotopic (exact) mass is 307 g/mol. The molecule has 2 nitrogen and oxygen atoms in total. The van der Waals surface area contributed by atoms with Gasteiger partial charge in [-0.05, 0) is 35.0 Å². The van der Waals surface area contributed by atoms with E-state index in [4.69, 9.17) is 16.3 Å². The van der Waals surface area contributed by atoms with Crippen molar-refractivity contribution in [1.29, 1.82) is 0 Å². The SMILES string of the molecule is CCCNC1COc2c(Br)cc(Cl)c(F)c21. The van der Waals surface area contributed by atoms with Crippen LogP contribution in [0.5, 0.6) is 5.75 Å². The lowest BCUT2D eigenvalue weighted by atomic mass is 10.1.